The molecule has 0 aromatic heterocycles. The Morgan fingerprint density at radius 1 is 1.11 bits per heavy atom. The van der Waals surface area contributed by atoms with Gasteiger partial charge in [0.15, 0.2) is 0 Å². The monoisotopic (exact) mass is 367 g/mol. The molecule has 0 spiro atoms. The van der Waals surface area contributed by atoms with Crippen LogP contribution in [0, 0.1) is 0 Å². The van der Waals surface area contributed by atoms with Gasteiger partial charge in [0, 0.05) is 19.6 Å². The molecule has 2 aromatic carbocycles. The van der Waals surface area contributed by atoms with E-state index in [1.807, 2.05) is 66.4 Å². The minimum atomic E-state index is -0.263. The van der Waals surface area contributed by atoms with E-state index in [4.69, 9.17) is 4.74 Å². The maximum absolute atomic E-state index is 13.4. The molecule has 27 heavy (non-hydrogen) atoms. The third-order valence-electron chi connectivity index (χ3n) is 5.30. The highest BCUT2D eigenvalue weighted by Gasteiger charge is 2.33. The van der Waals surface area contributed by atoms with Gasteiger partial charge in [-0.15, -0.1) is 0 Å². The van der Waals surface area contributed by atoms with Crippen molar-refractivity contribution in [3.8, 4) is 5.75 Å². The van der Waals surface area contributed by atoms with Crippen molar-refractivity contribution in [1.82, 2.24) is 14.7 Å². The topological polar surface area (TPSA) is 36.0 Å². The van der Waals surface area contributed by atoms with Crippen LogP contribution in [-0.2, 0) is 4.79 Å². The van der Waals surface area contributed by atoms with Gasteiger partial charge in [-0.25, -0.2) is 0 Å². The molecule has 2 unspecified atom stereocenters. The molecule has 0 aliphatic carbocycles. The summed E-state index contributed by atoms with van der Waals surface area (Å²) in [6.07, 6.45) is 0. The lowest BCUT2D eigenvalue weighted by molar-refractivity contribution is -0.139. The molecule has 0 saturated carbocycles. The summed E-state index contributed by atoms with van der Waals surface area (Å²) in [5, 5.41) is 0. The van der Waals surface area contributed by atoms with Crippen LogP contribution in [0.1, 0.15) is 23.2 Å². The van der Waals surface area contributed by atoms with Crippen LogP contribution in [0.2, 0.25) is 0 Å². The number of methoxy groups -OCH3 is 1. The molecular weight excluding hydrogens is 338 g/mol. The number of nitrogens with zero attached hydrogens (tertiary/aromatic N) is 3. The lowest BCUT2D eigenvalue weighted by Crippen LogP contribution is -2.51. The third-order valence-corrected chi connectivity index (χ3v) is 5.30. The van der Waals surface area contributed by atoms with Gasteiger partial charge in [-0.2, -0.15) is 0 Å². The van der Waals surface area contributed by atoms with Crippen LogP contribution in [0.5, 0.6) is 5.75 Å². The average molecular weight is 367 g/mol. The quantitative estimate of drug-likeness (QED) is 0.814. The second-order valence-corrected chi connectivity index (χ2v) is 7.33. The third kappa shape index (κ3) is 4.31. The van der Waals surface area contributed by atoms with Gasteiger partial charge < -0.3 is 9.64 Å². The smallest absolute Gasteiger partial charge is 0.244 e. The molecule has 1 fully saturated rings. The number of amides is 1. The van der Waals surface area contributed by atoms with Gasteiger partial charge in [0.05, 0.1) is 13.2 Å². The fourth-order valence-corrected chi connectivity index (χ4v) is 3.75. The fraction of sp³-hybridized carbons (Fsp3) is 0.409. The fourth-order valence-electron chi connectivity index (χ4n) is 3.75. The number of benzene rings is 2. The predicted molar refractivity (Wildman–Crippen MR) is 108 cm³/mol. The molecule has 1 aliphatic heterocycles. The number of carbonyl (C=O) groups is 1. The Morgan fingerprint density at radius 2 is 1.85 bits per heavy atom. The second-order valence-electron chi connectivity index (χ2n) is 7.33. The van der Waals surface area contributed by atoms with E-state index < -0.39 is 0 Å². The van der Waals surface area contributed by atoms with Crippen molar-refractivity contribution < 1.29 is 9.53 Å². The van der Waals surface area contributed by atoms with E-state index in [1.165, 1.54) is 5.56 Å². The van der Waals surface area contributed by atoms with Gasteiger partial charge in [0.25, 0.3) is 0 Å². The molecule has 5 heteroatoms. The first-order valence-corrected chi connectivity index (χ1v) is 9.35. The lowest BCUT2D eigenvalue weighted by atomic mass is 10.00. The summed E-state index contributed by atoms with van der Waals surface area (Å²) in [5.41, 5.74) is 2.21. The van der Waals surface area contributed by atoms with E-state index in [0.717, 1.165) is 24.4 Å². The SMILES string of the molecule is COc1cccc(C2CN(C(=O)C(c3ccccc3)N(C)C)CCN2C)c1. The van der Waals surface area contributed by atoms with E-state index in [2.05, 4.69) is 24.1 Å². The zero-order valence-electron chi connectivity index (χ0n) is 16.6. The van der Waals surface area contributed by atoms with Gasteiger partial charge >= 0.3 is 0 Å². The normalized spacial score (nSPS) is 19.1. The van der Waals surface area contributed by atoms with Gasteiger partial charge in [0.2, 0.25) is 5.91 Å². The average Bonchev–Trinajstić information content (AvgIpc) is 2.69. The van der Waals surface area contributed by atoms with Crippen molar-refractivity contribution in [2.45, 2.75) is 12.1 Å². The van der Waals surface area contributed by atoms with E-state index in [9.17, 15) is 4.79 Å². The molecule has 1 aliphatic rings. The molecule has 0 N–H and O–H groups in total. The van der Waals surface area contributed by atoms with Crippen molar-refractivity contribution in [2.75, 3.05) is 47.9 Å². The summed E-state index contributed by atoms with van der Waals surface area (Å²) in [6.45, 7) is 2.27. The molecule has 1 amide bonds. The number of hydrogen-bond acceptors (Lipinski definition) is 4. The molecule has 2 atom stereocenters. The number of carbonyl (C=O) groups excluding carboxylic acids is 1. The van der Waals surface area contributed by atoms with E-state index in [1.54, 1.807) is 7.11 Å². The van der Waals surface area contributed by atoms with Crippen LogP contribution in [-0.4, -0.2) is 68.5 Å². The van der Waals surface area contributed by atoms with Gasteiger partial charge in [-0.1, -0.05) is 42.5 Å². The molecule has 0 bridgehead atoms. The van der Waals surface area contributed by atoms with Crippen molar-refractivity contribution in [2.24, 2.45) is 0 Å². The van der Waals surface area contributed by atoms with Gasteiger partial charge in [0.1, 0.15) is 11.8 Å². The first kappa shape index (κ1) is 19.4. The van der Waals surface area contributed by atoms with Crippen molar-refractivity contribution in [1.29, 1.82) is 0 Å². The minimum absolute atomic E-state index is 0.159. The Balaban J connectivity index is 1.82. The largest absolute Gasteiger partial charge is 0.497 e. The van der Waals surface area contributed by atoms with E-state index in [-0.39, 0.29) is 18.0 Å². The van der Waals surface area contributed by atoms with Crippen LogP contribution in [0.25, 0.3) is 0 Å². The number of rotatable bonds is 5. The highest BCUT2D eigenvalue weighted by atomic mass is 16.5. The van der Waals surface area contributed by atoms with Crippen molar-refractivity contribution >= 4 is 5.91 Å². The molecule has 144 valence electrons. The predicted octanol–water partition coefficient (Wildman–Crippen LogP) is 2.81. The van der Waals surface area contributed by atoms with Crippen LogP contribution in [0.4, 0.5) is 0 Å². The summed E-state index contributed by atoms with van der Waals surface area (Å²) >= 11 is 0. The first-order valence-electron chi connectivity index (χ1n) is 9.35. The summed E-state index contributed by atoms with van der Waals surface area (Å²) in [6, 6.07) is 18.0. The summed E-state index contributed by atoms with van der Waals surface area (Å²) in [5.74, 6) is 1.01. The number of likely N-dealkylation sites (N-methyl/N-ethyl adjacent to an activating group) is 2. The highest BCUT2D eigenvalue weighted by molar-refractivity contribution is 5.83. The Labute approximate surface area is 162 Å². The zero-order valence-corrected chi connectivity index (χ0v) is 16.6. The maximum atomic E-state index is 13.4. The standard InChI is InChI=1S/C22H29N3O2/c1-23(2)21(17-9-6-5-7-10-17)22(26)25-14-13-24(3)20(16-25)18-11-8-12-19(15-18)27-4/h5-12,15,20-21H,13-14,16H2,1-4H3. The second kappa shape index (κ2) is 8.55. The van der Waals surface area contributed by atoms with Crippen LogP contribution < -0.4 is 4.74 Å². The van der Waals surface area contributed by atoms with Crippen LogP contribution >= 0.6 is 0 Å². The molecule has 0 radical (unpaired) electrons. The zero-order chi connectivity index (χ0) is 19.4. The molecule has 1 saturated heterocycles. The molecule has 5 nitrogen and oxygen atoms in total. The van der Waals surface area contributed by atoms with Gasteiger partial charge in [-0.3, -0.25) is 14.6 Å². The van der Waals surface area contributed by atoms with Crippen LogP contribution in [0.15, 0.2) is 54.6 Å². The Bertz CT molecular complexity index is 763. The van der Waals surface area contributed by atoms with E-state index >= 15 is 0 Å². The Hall–Kier alpha value is -2.37. The van der Waals surface area contributed by atoms with Gasteiger partial charge in [-0.05, 0) is 44.4 Å². The van der Waals surface area contributed by atoms with Crippen LogP contribution in [0.3, 0.4) is 0 Å². The molecule has 2 aromatic rings. The molecule has 3 rings (SSSR count). The molecular formula is C22H29N3O2. The van der Waals surface area contributed by atoms with Crippen molar-refractivity contribution in [3.05, 3.63) is 65.7 Å². The minimum Gasteiger partial charge on any atom is -0.497 e. The first-order chi connectivity index (χ1) is 13.0. The highest BCUT2D eigenvalue weighted by Crippen LogP contribution is 2.29. The Morgan fingerprint density at radius 3 is 2.52 bits per heavy atom. The Kier molecular flexibility index (Phi) is 6.14. The van der Waals surface area contributed by atoms with E-state index in [0.29, 0.717) is 6.54 Å². The summed E-state index contributed by atoms with van der Waals surface area (Å²) < 4.78 is 5.38. The maximum Gasteiger partial charge on any atom is 0.244 e. The number of hydrogen-bond donors (Lipinski definition) is 0. The number of piperazine rings is 1. The number of ether oxygens (including phenoxy) is 1. The van der Waals surface area contributed by atoms with Crippen molar-refractivity contribution in [3.63, 3.8) is 0 Å². The summed E-state index contributed by atoms with van der Waals surface area (Å²) in [7, 11) is 7.73. The summed E-state index contributed by atoms with van der Waals surface area (Å²) in [4.78, 5) is 19.7. The lowest BCUT2D eigenvalue weighted by Gasteiger charge is -2.41. The molecule has 1 heterocycles.